The van der Waals surface area contributed by atoms with Crippen LogP contribution in [0.5, 0.6) is 11.5 Å². The third-order valence-corrected chi connectivity index (χ3v) is 11.3. The van der Waals surface area contributed by atoms with Gasteiger partial charge in [0.15, 0.2) is 11.5 Å². The number of aliphatic hydroxyl groups is 1. The van der Waals surface area contributed by atoms with Gasteiger partial charge in [0.2, 0.25) is 5.78 Å². The second kappa shape index (κ2) is 8.93. The second-order valence-electron chi connectivity index (χ2n) is 13.6. The maximum absolute atomic E-state index is 14.0. The van der Waals surface area contributed by atoms with Crippen molar-refractivity contribution in [2.24, 2.45) is 27.6 Å². The predicted octanol–water partition coefficient (Wildman–Crippen LogP) is 6.21. The molecule has 0 amide bonds. The number of aliphatic hydroxyl groups excluding tert-OH is 1. The van der Waals surface area contributed by atoms with Crippen molar-refractivity contribution in [3.05, 3.63) is 71.9 Å². The van der Waals surface area contributed by atoms with Crippen LogP contribution < -0.4 is 4.74 Å². The van der Waals surface area contributed by atoms with E-state index in [1.165, 1.54) is 36.8 Å². The molecule has 8 heteroatoms. The number of allylic oxidation sites excluding steroid dienone is 4. The number of carbonyl (C=O) groups is 3. The molecule has 0 radical (unpaired) electrons. The number of carbonyl (C=O) groups excluding carboxylic acids is 3. The standard InChI is InChI=1S/C26H30O5.C8H8O3/c1-22(2)17(27)7-9-23(3)16-6-10-24(4)15(14-8-11-30-13-14)12-18-26(24,31-18)25(16,5)21(29)19(28)20(22)23;1-6(9)11-8-4-2-7(10)3-5-8/h7-9,11,13,15-16,18,28H,6,10,12H2,1-5H3;2-5,10H,1H3. The molecule has 0 bridgehead atoms. The summed E-state index contributed by atoms with van der Waals surface area (Å²) in [6.07, 6.45) is 9.76. The van der Waals surface area contributed by atoms with Gasteiger partial charge in [-0.2, -0.15) is 0 Å². The monoisotopic (exact) mass is 574 g/mol. The number of esters is 1. The molecule has 7 atom stereocenters. The lowest BCUT2D eigenvalue weighted by Gasteiger charge is -2.62. The van der Waals surface area contributed by atoms with Crippen molar-refractivity contribution >= 4 is 17.5 Å². The Labute approximate surface area is 245 Å². The van der Waals surface area contributed by atoms with Gasteiger partial charge in [-0.25, -0.2) is 0 Å². The normalized spacial score (nSPS) is 38.9. The number of benzene rings is 1. The number of phenolic OH excluding ortho intramolecular Hbond substituents is 1. The third kappa shape index (κ3) is 3.47. The minimum absolute atomic E-state index is 0.00527. The van der Waals surface area contributed by atoms with E-state index in [9.17, 15) is 19.5 Å². The highest BCUT2D eigenvalue weighted by molar-refractivity contribution is 6.06. The Bertz CT molecular complexity index is 1530. The Balaban J connectivity index is 0.000000244. The van der Waals surface area contributed by atoms with E-state index < -0.39 is 21.8 Å². The average molecular weight is 575 g/mol. The maximum Gasteiger partial charge on any atom is 0.308 e. The van der Waals surface area contributed by atoms with Crippen LogP contribution in [-0.2, 0) is 19.1 Å². The van der Waals surface area contributed by atoms with Crippen LogP contribution in [0.15, 0.2) is 70.8 Å². The Morgan fingerprint density at radius 1 is 1.02 bits per heavy atom. The first-order valence-corrected chi connectivity index (χ1v) is 14.5. The first kappa shape index (κ1) is 28.5. The number of furan rings is 1. The number of aromatic hydroxyl groups is 1. The van der Waals surface area contributed by atoms with Crippen molar-refractivity contribution in [3.8, 4) is 11.5 Å². The summed E-state index contributed by atoms with van der Waals surface area (Å²) in [6, 6.07) is 7.99. The molecule has 8 nitrogen and oxygen atoms in total. The second-order valence-corrected chi connectivity index (χ2v) is 13.6. The van der Waals surface area contributed by atoms with E-state index in [4.69, 9.17) is 19.0 Å². The number of phenols is 1. The van der Waals surface area contributed by atoms with Gasteiger partial charge >= 0.3 is 5.97 Å². The molecular formula is C34H38O8. The molecule has 7 rings (SSSR count). The number of ketones is 2. The highest BCUT2D eigenvalue weighted by atomic mass is 16.6. The quantitative estimate of drug-likeness (QED) is 0.246. The highest BCUT2D eigenvalue weighted by Crippen LogP contribution is 2.81. The summed E-state index contributed by atoms with van der Waals surface area (Å²) in [6.45, 7) is 11.3. The SMILES string of the molecule is CC(=O)Oc1ccc(O)cc1.CC1(C)C(=O)C=CC2(C)C1=C(O)C(=O)C1(C)C2CCC2(C)C(c3ccoc3)CC3OC321. The van der Waals surface area contributed by atoms with Crippen LogP contribution in [0, 0.1) is 27.6 Å². The van der Waals surface area contributed by atoms with Crippen LogP contribution in [-0.4, -0.2) is 39.5 Å². The van der Waals surface area contributed by atoms with Crippen molar-refractivity contribution in [1.29, 1.82) is 0 Å². The molecule has 1 spiro atoms. The molecule has 1 aromatic carbocycles. The van der Waals surface area contributed by atoms with Gasteiger partial charge in [0.1, 0.15) is 17.1 Å². The Morgan fingerprint density at radius 2 is 1.71 bits per heavy atom. The lowest BCUT2D eigenvalue weighted by Crippen LogP contribution is -2.66. The van der Waals surface area contributed by atoms with E-state index in [0.717, 1.165) is 19.3 Å². The fourth-order valence-electron chi connectivity index (χ4n) is 9.46. The first-order valence-electron chi connectivity index (χ1n) is 14.5. The van der Waals surface area contributed by atoms with Crippen LogP contribution in [0.2, 0.25) is 0 Å². The topological polar surface area (TPSA) is 127 Å². The zero-order chi connectivity index (χ0) is 30.5. The largest absolute Gasteiger partial charge is 0.508 e. The molecule has 7 unspecified atom stereocenters. The van der Waals surface area contributed by atoms with Crippen LogP contribution in [0.4, 0.5) is 0 Å². The fourth-order valence-corrected chi connectivity index (χ4v) is 9.46. The van der Waals surface area contributed by atoms with Crippen molar-refractivity contribution in [3.63, 3.8) is 0 Å². The molecule has 2 aromatic rings. The number of Topliss-reactive ketones (excluding diaryl/α,β-unsaturated/α-hetero) is 1. The highest BCUT2D eigenvalue weighted by Gasteiger charge is 2.87. The summed E-state index contributed by atoms with van der Waals surface area (Å²) < 4.78 is 16.6. The van der Waals surface area contributed by atoms with Gasteiger partial charge in [-0.15, -0.1) is 0 Å². The molecule has 4 aliphatic carbocycles. The Kier molecular flexibility index (Phi) is 6.05. The number of fused-ring (bicyclic) bond motifs is 3. The van der Waals surface area contributed by atoms with E-state index >= 15 is 0 Å². The fraction of sp³-hybridized carbons (Fsp3) is 0.500. The Hall–Kier alpha value is -3.65. The third-order valence-electron chi connectivity index (χ3n) is 11.3. The number of epoxide rings is 1. The van der Waals surface area contributed by atoms with E-state index in [0.29, 0.717) is 11.3 Å². The zero-order valence-electron chi connectivity index (χ0n) is 24.9. The van der Waals surface area contributed by atoms with E-state index in [2.05, 4.69) is 13.8 Å². The number of hydrogen-bond acceptors (Lipinski definition) is 8. The molecular weight excluding hydrogens is 536 g/mol. The average Bonchev–Trinajstić information content (AvgIpc) is 3.28. The maximum atomic E-state index is 14.0. The molecule has 42 heavy (non-hydrogen) atoms. The Morgan fingerprint density at radius 3 is 2.33 bits per heavy atom. The van der Waals surface area contributed by atoms with Gasteiger partial charge in [0.25, 0.3) is 0 Å². The molecule has 2 N–H and O–H groups in total. The summed E-state index contributed by atoms with van der Waals surface area (Å²) in [4.78, 5) is 37.2. The molecule has 1 aromatic heterocycles. The lowest BCUT2D eigenvalue weighted by molar-refractivity contribution is -0.162. The van der Waals surface area contributed by atoms with Gasteiger partial charge in [-0.3, -0.25) is 14.4 Å². The van der Waals surface area contributed by atoms with E-state index in [1.54, 1.807) is 12.3 Å². The molecule has 3 fully saturated rings. The van der Waals surface area contributed by atoms with Crippen LogP contribution in [0.25, 0.3) is 0 Å². The molecule has 2 saturated carbocycles. The number of rotatable bonds is 2. The number of hydrogen-bond donors (Lipinski definition) is 2. The van der Waals surface area contributed by atoms with Crippen molar-refractivity contribution in [1.82, 2.24) is 0 Å². The van der Waals surface area contributed by atoms with Gasteiger partial charge in [0, 0.05) is 17.8 Å². The first-order chi connectivity index (χ1) is 19.6. The van der Waals surface area contributed by atoms with Gasteiger partial charge < -0.3 is 24.1 Å². The van der Waals surface area contributed by atoms with Gasteiger partial charge in [-0.05, 0) is 99.4 Å². The predicted molar refractivity (Wildman–Crippen MR) is 153 cm³/mol. The summed E-state index contributed by atoms with van der Waals surface area (Å²) in [7, 11) is 0. The molecule has 1 saturated heterocycles. The number of ether oxygens (including phenoxy) is 2. The molecule has 5 aliphatic rings. The minimum atomic E-state index is -0.901. The van der Waals surface area contributed by atoms with Crippen molar-refractivity contribution < 1.29 is 38.5 Å². The summed E-state index contributed by atoms with van der Waals surface area (Å²) in [5.74, 6) is -0.0833. The van der Waals surface area contributed by atoms with Crippen molar-refractivity contribution in [2.45, 2.75) is 78.4 Å². The van der Waals surface area contributed by atoms with E-state index in [-0.39, 0.29) is 52.4 Å². The molecule has 1 aliphatic heterocycles. The minimum Gasteiger partial charge on any atom is -0.508 e. The van der Waals surface area contributed by atoms with Crippen LogP contribution >= 0.6 is 0 Å². The van der Waals surface area contributed by atoms with Crippen LogP contribution in [0.1, 0.15) is 72.3 Å². The molecule has 222 valence electrons. The summed E-state index contributed by atoms with van der Waals surface area (Å²) in [5.41, 5.74) is -1.40. The smallest absolute Gasteiger partial charge is 0.308 e. The van der Waals surface area contributed by atoms with Gasteiger partial charge in [-0.1, -0.05) is 19.9 Å². The van der Waals surface area contributed by atoms with Crippen molar-refractivity contribution in [2.75, 3.05) is 0 Å². The zero-order valence-corrected chi connectivity index (χ0v) is 24.9. The lowest BCUT2D eigenvalue weighted by atomic mass is 9.39. The van der Waals surface area contributed by atoms with Gasteiger partial charge in [0.05, 0.1) is 29.5 Å². The van der Waals surface area contributed by atoms with Crippen LogP contribution in [0.3, 0.4) is 0 Å². The van der Waals surface area contributed by atoms with E-state index in [1.807, 2.05) is 39.2 Å². The molecule has 2 heterocycles. The summed E-state index contributed by atoms with van der Waals surface area (Å²) in [5, 5.41) is 20.2. The summed E-state index contributed by atoms with van der Waals surface area (Å²) >= 11 is 0.